The minimum Gasteiger partial charge on any atom is -0.439 e. The van der Waals surface area contributed by atoms with Crippen molar-refractivity contribution in [3.8, 4) is 11.6 Å². The van der Waals surface area contributed by atoms with Crippen molar-refractivity contribution in [3.05, 3.63) is 65.5 Å². The summed E-state index contributed by atoms with van der Waals surface area (Å²) >= 11 is 0. The van der Waals surface area contributed by atoms with E-state index in [2.05, 4.69) is 30.4 Å². The lowest BCUT2D eigenvalue weighted by molar-refractivity contribution is -0.138. The number of nitrogens with zero attached hydrogens (tertiary/aromatic N) is 5. The van der Waals surface area contributed by atoms with Crippen molar-refractivity contribution in [1.29, 1.82) is 0 Å². The first-order valence-corrected chi connectivity index (χ1v) is 14.3. The van der Waals surface area contributed by atoms with Gasteiger partial charge in [0, 0.05) is 69.7 Å². The van der Waals surface area contributed by atoms with Gasteiger partial charge >= 0.3 is 12.2 Å². The summed E-state index contributed by atoms with van der Waals surface area (Å²) in [6.45, 7) is 5.19. The van der Waals surface area contributed by atoms with Gasteiger partial charge in [0.25, 0.3) is 0 Å². The van der Waals surface area contributed by atoms with Gasteiger partial charge in [0.1, 0.15) is 17.9 Å². The average Bonchev–Trinajstić information content (AvgIpc) is 3.72. The predicted octanol–water partition coefficient (Wildman–Crippen LogP) is 5.12. The van der Waals surface area contributed by atoms with Gasteiger partial charge in [-0.25, -0.2) is 14.8 Å². The summed E-state index contributed by atoms with van der Waals surface area (Å²) in [5.74, 6) is 0.738. The highest BCUT2D eigenvalue weighted by atomic mass is 19.4. The number of alkyl halides is 3. The van der Waals surface area contributed by atoms with Crippen LogP contribution in [0.15, 0.2) is 48.8 Å². The van der Waals surface area contributed by atoms with Gasteiger partial charge in [-0.05, 0) is 60.7 Å². The second-order valence-electron chi connectivity index (χ2n) is 11.1. The molecule has 1 aromatic heterocycles. The summed E-state index contributed by atoms with van der Waals surface area (Å²) in [7, 11) is 0. The molecule has 0 bridgehead atoms. The zero-order valence-corrected chi connectivity index (χ0v) is 23.7. The quantitative estimate of drug-likeness (QED) is 0.391. The molecule has 0 atom stereocenters. The van der Waals surface area contributed by atoms with Crippen LogP contribution in [0.4, 0.5) is 35.2 Å². The lowest BCUT2D eigenvalue weighted by Crippen LogP contribution is -2.46. The molecule has 13 heteroatoms. The topological polar surface area (TPSA) is 103 Å². The Morgan fingerprint density at radius 3 is 2.49 bits per heavy atom. The smallest absolute Gasteiger partial charge is 0.416 e. The molecule has 0 spiro atoms. The largest absolute Gasteiger partial charge is 0.439 e. The summed E-state index contributed by atoms with van der Waals surface area (Å²) in [5, 5.41) is 5.22. The van der Waals surface area contributed by atoms with E-state index in [9.17, 15) is 22.8 Å². The molecule has 226 valence electrons. The number of nitrogens with one attached hydrogen (secondary N) is 2. The van der Waals surface area contributed by atoms with Gasteiger partial charge in [0.05, 0.1) is 5.56 Å². The monoisotopic (exact) mass is 595 g/mol. The van der Waals surface area contributed by atoms with E-state index in [-0.39, 0.29) is 29.6 Å². The van der Waals surface area contributed by atoms with Crippen LogP contribution in [0.25, 0.3) is 0 Å². The number of urea groups is 1. The Hall–Kier alpha value is -4.23. The van der Waals surface area contributed by atoms with Crippen LogP contribution < -0.4 is 20.3 Å². The fourth-order valence-electron chi connectivity index (χ4n) is 5.63. The second kappa shape index (κ2) is 11.8. The number of hydrogen-bond acceptors (Lipinski definition) is 7. The van der Waals surface area contributed by atoms with Crippen molar-refractivity contribution in [3.63, 3.8) is 0 Å². The number of hydrogen-bond donors (Lipinski definition) is 2. The van der Waals surface area contributed by atoms with Crippen LogP contribution in [0.5, 0.6) is 11.6 Å². The molecule has 6 rings (SSSR count). The zero-order valence-electron chi connectivity index (χ0n) is 23.7. The summed E-state index contributed by atoms with van der Waals surface area (Å²) in [6, 6.07) is 10.8. The van der Waals surface area contributed by atoms with E-state index < -0.39 is 17.8 Å². The predicted molar refractivity (Wildman–Crippen MR) is 154 cm³/mol. The molecule has 43 heavy (non-hydrogen) atoms. The van der Waals surface area contributed by atoms with E-state index in [0.29, 0.717) is 36.3 Å². The number of anilines is 3. The van der Waals surface area contributed by atoms with E-state index in [0.717, 1.165) is 37.8 Å². The summed E-state index contributed by atoms with van der Waals surface area (Å²) in [5.41, 5.74) is 1.05. The van der Waals surface area contributed by atoms with E-state index in [1.54, 1.807) is 18.2 Å². The number of rotatable bonds is 7. The first-order chi connectivity index (χ1) is 20.6. The third-order valence-electron chi connectivity index (χ3n) is 7.89. The zero-order chi connectivity index (χ0) is 30.1. The Morgan fingerprint density at radius 2 is 1.77 bits per heavy atom. The third kappa shape index (κ3) is 6.89. The first-order valence-electron chi connectivity index (χ1n) is 14.3. The maximum absolute atomic E-state index is 14.1. The Bertz CT molecular complexity index is 1520. The number of carbonyl (C=O) groups excluding carboxylic acids is 2. The van der Waals surface area contributed by atoms with Crippen molar-refractivity contribution < 1.29 is 27.5 Å². The van der Waals surface area contributed by atoms with Gasteiger partial charge < -0.3 is 15.4 Å². The summed E-state index contributed by atoms with van der Waals surface area (Å²) in [6.07, 6.45) is -0.295. The lowest BCUT2D eigenvalue weighted by atomic mass is 10.0. The van der Waals surface area contributed by atoms with Gasteiger partial charge in [0.15, 0.2) is 0 Å². The molecule has 2 fully saturated rings. The van der Waals surface area contributed by atoms with Gasteiger partial charge in [-0.3, -0.25) is 19.5 Å². The van der Waals surface area contributed by atoms with E-state index in [1.807, 2.05) is 0 Å². The third-order valence-corrected chi connectivity index (χ3v) is 7.89. The minimum absolute atomic E-state index is 0.0896. The minimum atomic E-state index is -4.55. The molecule has 0 unspecified atom stereocenters. The average molecular weight is 596 g/mol. The summed E-state index contributed by atoms with van der Waals surface area (Å²) < 4.78 is 48.0. The number of fused-ring (bicyclic) bond motifs is 1. The Balaban J connectivity index is 1.11. The fraction of sp³-hybridized carbons (Fsp3) is 0.400. The molecule has 1 saturated heterocycles. The van der Waals surface area contributed by atoms with E-state index in [4.69, 9.17) is 4.74 Å². The van der Waals surface area contributed by atoms with Crippen LogP contribution in [0, 0.1) is 0 Å². The number of carbonyl (C=O) groups is 2. The van der Waals surface area contributed by atoms with Gasteiger partial charge in [-0.15, -0.1) is 0 Å². The van der Waals surface area contributed by atoms with Crippen LogP contribution in [0.3, 0.4) is 0 Å². The highest BCUT2D eigenvalue weighted by Crippen LogP contribution is 2.36. The number of halogens is 3. The van der Waals surface area contributed by atoms with E-state index in [1.165, 1.54) is 49.2 Å². The molecule has 2 N–H and O–H groups in total. The maximum atomic E-state index is 14.1. The SMILES string of the molecule is CC(=O)Nc1cc(Oc2ccc3c(c2)CCN3C(=O)Nc2ccc(CN3CCN(C4CC4)CC3)c(C(F)(F)F)c2)ncn1. The highest BCUT2D eigenvalue weighted by molar-refractivity contribution is 6.03. The van der Waals surface area contributed by atoms with Crippen molar-refractivity contribution in [2.24, 2.45) is 0 Å². The first kappa shape index (κ1) is 28.9. The number of ether oxygens (including phenoxy) is 1. The molecule has 2 aliphatic heterocycles. The van der Waals surface area contributed by atoms with Crippen LogP contribution in [-0.4, -0.2) is 70.5 Å². The maximum Gasteiger partial charge on any atom is 0.416 e. The van der Waals surface area contributed by atoms with Gasteiger partial charge in [-0.2, -0.15) is 13.2 Å². The van der Waals surface area contributed by atoms with Crippen molar-refractivity contribution in [2.75, 3.05) is 48.3 Å². The standard InChI is InChI=1S/C30H32F3N7O3/c1-19(41)36-27-16-28(35-18-34-27)43-24-6-7-26-20(14-24)8-9-40(26)29(42)37-22-3-2-21(25(15-22)30(31,32)33)17-38-10-12-39(13-11-38)23-4-5-23/h2-3,6-7,14-16,18,23H,4-5,8-13,17H2,1H3,(H,37,42)(H,34,35,36,41). The Kier molecular flexibility index (Phi) is 7.93. The molecule has 3 heterocycles. The molecule has 10 nitrogen and oxygen atoms in total. The molecular formula is C30H32F3N7O3. The highest BCUT2D eigenvalue weighted by Gasteiger charge is 2.36. The number of amides is 3. The molecule has 3 aliphatic rings. The fourth-order valence-corrected chi connectivity index (χ4v) is 5.63. The molecule has 2 aromatic carbocycles. The van der Waals surface area contributed by atoms with Gasteiger partial charge in [-0.1, -0.05) is 6.07 Å². The normalized spacial score (nSPS) is 17.4. The molecule has 3 amide bonds. The Labute approximate surface area is 246 Å². The Morgan fingerprint density at radius 1 is 0.977 bits per heavy atom. The summed E-state index contributed by atoms with van der Waals surface area (Å²) in [4.78, 5) is 38.5. The number of aromatic nitrogens is 2. The molecule has 0 radical (unpaired) electrons. The van der Waals surface area contributed by atoms with Crippen molar-refractivity contribution >= 4 is 29.1 Å². The molecular weight excluding hydrogens is 563 g/mol. The molecule has 3 aromatic rings. The number of benzene rings is 2. The van der Waals surface area contributed by atoms with Crippen LogP contribution in [-0.2, 0) is 23.9 Å². The molecule has 1 aliphatic carbocycles. The number of piperazine rings is 1. The van der Waals surface area contributed by atoms with Crippen LogP contribution in [0.2, 0.25) is 0 Å². The van der Waals surface area contributed by atoms with Crippen molar-refractivity contribution in [1.82, 2.24) is 19.8 Å². The van der Waals surface area contributed by atoms with Crippen molar-refractivity contribution in [2.45, 2.75) is 44.9 Å². The molecule has 1 saturated carbocycles. The van der Waals surface area contributed by atoms with Gasteiger partial charge in [0.2, 0.25) is 11.8 Å². The van der Waals surface area contributed by atoms with Crippen LogP contribution in [0.1, 0.15) is 36.5 Å². The van der Waals surface area contributed by atoms with E-state index >= 15 is 0 Å². The second-order valence-corrected chi connectivity index (χ2v) is 11.1. The lowest BCUT2D eigenvalue weighted by Gasteiger charge is -2.35. The van der Waals surface area contributed by atoms with Crippen LogP contribution >= 0.6 is 0 Å².